The second kappa shape index (κ2) is 12.1. The van der Waals surface area contributed by atoms with Crippen molar-refractivity contribution >= 4 is 34.8 Å². The summed E-state index contributed by atoms with van der Waals surface area (Å²) in [6, 6.07) is 13.4. The summed E-state index contributed by atoms with van der Waals surface area (Å²) in [4.78, 5) is 49.7. The Morgan fingerprint density at radius 3 is 2.58 bits per heavy atom. The van der Waals surface area contributed by atoms with Crippen molar-refractivity contribution in [2.24, 2.45) is 0 Å². The van der Waals surface area contributed by atoms with Gasteiger partial charge in [-0.25, -0.2) is 4.79 Å². The molecule has 0 aliphatic rings. The van der Waals surface area contributed by atoms with Crippen molar-refractivity contribution in [2.45, 2.75) is 6.54 Å². The second-order valence-electron chi connectivity index (χ2n) is 7.45. The highest BCUT2D eigenvalue weighted by Gasteiger charge is 2.22. The highest BCUT2D eigenvalue weighted by Crippen LogP contribution is 2.24. The maximum atomic E-state index is 12.8. The zero-order valence-corrected chi connectivity index (χ0v) is 19.3. The first-order valence-corrected chi connectivity index (χ1v) is 10.8. The summed E-state index contributed by atoms with van der Waals surface area (Å²) in [7, 11) is 1.43. The Kier molecular flexibility index (Phi) is 8.73. The van der Waals surface area contributed by atoms with Crippen LogP contribution in [0.1, 0.15) is 26.5 Å². The molecule has 0 fully saturated rings. The van der Waals surface area contributed by atoms with Crippen molar-refractivity contribution in [3.63, 3.8) is 0 Å². The van der Waals surface area contributed by atoms with Crippen LogP contribution in [0.5, 0.6) is 0 Å². The number of amides is 2. The van der Waals surface area contributed by atoms with Crippen molar-refractivity contribution in [2.75, 3.05) is 37.0 Å². The van der Waals surface area contributed by atoms with E-state index in [1.165, 1.54) is 30.3 Å². The normalized spacial score (nSPS) is 10.4. The van der Waals surface area contributed by atoms with Crippen molar-refractivity contribution in [3.05, 3.63) is 87.9 Å². The quantitative estimate of drug-likeness (QED) is 0.205. The minimum atomic E-state index is -0.967. The highest BCUT2D eigenvalue weighted by atomic mass is 16.6. The van der Waals surface area contributed by atoms with Gasteiger partial charge in [0, 0.05) is 31.4 Å². The number of nitrogens with one attached hydrogen (secondary N) is 2. The van der Waals surface area contributed by atoms with Gasteiger partial charge in [-0.1, -0.05) is 12.1 Å². The third kappa shape index (κ3) is 6.45. The molecular weight excluding hydrogens is 472 g/mol. The van der Waals surface area contributed by atoms with E-state index in [1.807, 2.05) is 0 Å². The van der Waals surface area contributed by atoms with Crippen LogP contribution in [-0.4, -0.2) is 54.6 Å². The number of rotatable bonds is 11. The monoisotopic (exact) mass is 496 g/mol. The first-order chi connectivity index (χ1) is 17.3. The molecule has 3 N–H and O–H groups in total. The standard InChI is InChI=1S/C24H24N4O8/c1-27(21-7-3-2-6-18(21)23(31)26-14-17-5-4-12-35-17)22(30)15-36-24(32)19-13-16(28(33)34)8-9-20(19)25-10-11-29/h2-9,12-13,25,29H,10-11,14-15H2,1H3,(H,26,31). The molecule has 36 heavy (non-hydrogen) atoms. The average Bonchev–Trinajstić information content (AvgIpc) is 3.42. The van der Waals surface area contributed by atoms with Gasteiger partial charge in [-0.15, -0.1) is 0 Å². The van der Waals surface area contributed by atoms with E-state index in [0.29, 0.717) is 5.76 Å². The number of benzene rings is 2. The van der Waals surface area contributed by atoms with Gasteiger partial charge in [-0.3, -0.25) is 19.7 Å². The number of carbonyl (C=O) groups excluding carboxylic acids is 3. The summed E-state index contributed by atoms with van der Waals surface area (Å²) in [5, 5.41) is 25.6. The van der Waals surface area contributed by atoms with Crippen LogP contribution < -0.4 is 15.5 Å². The zero-order valence-electron chi connectivity index (χ0n) is 19.3. The van der Waals surface area contributed by atoms with Gasteiger partial charge in [0.25, 0.3) is 17.5 Å². The number of non-ortho nitro benzene ring substituents is 1. The van der Waals surface area contributed by atoms with Crippen LogP contribution in [0.3, 0.4) is 0 Å². The van der Waals surface area contributed by atoms with Gasteiger partial charge < -0.3 is 29.8 Å². The number of ether oxygens (including phenoxy) is 1. The van der Waals surface area contributed by atoms with Crippen LogP contribution in [0.2, 0.25) is 0 Å². The number of aliphatic hydroxyl groups is 1. The maximum Gasteiger partial charge on any atom is 0.341 e. The number of anilines is 2. The molecule has 2 aromatic carbocycles. The molecule has 3 rings (SSSR count). The smallest absolute Gasteiger partial charge is 0.341 e. The maximum absolute atomic E-state index is 12.8. The van der Waals surface area contributed by atoms with Crippen molar-refractivity contribution in [1.82, 2.24) is 5.32 Å². The van der Waals surface area contributed by atoms with Crippen molar-refractivity contribution in [1.29, 1.82) is 0 Å². The molecule has 0 saturated heterocycles. The van der Waals surface area contributed by atoms with E-state index in [-0.39, 0.29) is 47.9 Å². The van der Waals surface area contributed by atoms with Crippen LogP contribution in [-0.2, 0) is 16.1 Å². The topological polar surface area (TPSA) is 164 Å². The Labute approximate surface area is 205 Å². The predicted molar refractivity (Wildman–Crippen MR) is 129 cm³/mol. The number of nitro benzene ring substituents is 1. The van der Waals surface area contributed by atoms with Crippen LogP contribution >= 0.6 is 0 Å². The summed E-state index contributed by atoms with van der Waals surface area (Å²) in [5.74, 6) is -1.48. The predicted octanol–water partition coefficient (Wildman–Crippen LogP) is 2.34. The molecule has 188 valence electrons. The highest BCUT2D eigenvalue weighted by molar-refractivity contribution is 6.05. The molecule has 0 atom stereocenters. The van der Waals surface area contributed by atoms with Crippen molar-refractivity contribution in [3.8, 4) is 0 Å². The van der Waals surface area contributed by atoms with Gasteiger partial charge in [0.2, 0.25) is 0 Å². The Morgan fingerprint density at radius 1 is 1.11 bits per heavy atom. The number of nitro groups is 1. The average molecular weight is 496 g/mol. The number of esters is 1. The fourth-order valence-corrected chi connectivity index (χ4v) is 3.23. The molecular formula is C24H24N4O8. The Hall–Kier alpha value is -4.71. The van der Waals surface area contributed by atoms with Crippen LogP contribution in [0.15, 0.2) is 65.3 Å². The summed E-state index contributed by atoms with van der Waals surface area (Å²) >= 11 is 0. The molecule has 1 heterocycles. The summed E-state index contributed by atoms with van der Waals surface area (Å²) in [6.07, 6.45) is 1.49. The Morgan fingerprint density at radius 2 is 1.89 bits per heavy atom. The molecule has 1 aromatic heterocycles. The second-order valence-corrected chi connectivity index (χ2v) is 7.45. The largest absolute Gasteiger partial charge is 0.467 e. The van der Waals surface area contributed by atoms with Gasteiger partial charge in [0.05, 0.1) is 41.2 Å². The van der Waals surface area contributed by atoms with Gasteiger partial charge in [-0.05, 0) is 30.3 Å². The number of furan rings is 1. The molecule has 3 aromatic rings. The van der Waals surface area contributed by atoms with Gasteiger partial charge in [0.15, 0.2) is 6.61 Å². The molecule has 0 bridgehead atoms. The summed E-state index contributed by atoms with van der Waals surface area (Å²) in [5.41, 5.74) is 0.218. The molecule has 2 amide bonds. The lowest BCUT2D eigenvalue weighted by molar-refractivity contribution is -0.384. The molecule has 0 spiro atoms. The first kappa shape index (κ1) is 25.9. The van der Waals surface area contributed by atoms with E-state index >= 15 is 0 Å². The molecule has 0 aliphatic heterocycles. The minimum Gasteiger partial charge on any atom is -0.467 e. The van der Waals surface area contributed by atoms with Gasteiger partial charge in [-0.2, -0.15) is 0 Å². The molecule has 0 saturated carbocycles. The fraction of sp³-hybridized carbons (Fsp3) is 0.208. The molecule has 12 heteroatoms. The Bertz CT molecular complexity index is 1240. The van der Waals surface area contributed by atoms with Crippen molar-refractivity contribution < 1.29 is 33.6 Å². The summed E-state index contributed by atoms with van der Waals surface area (Å²) in [6.45, 7) is -0.660. The number of para-hydroxylation sites is 1. The van der Waals surface area contributed by atoms with E-state index in [2.05, 4.69) is 10.6 Å². The number of hydrogen-bond acceptors (Lipinski definition) is 9. The molecule has 12 nitrogen and oxygen atoms in total. The molecule has 0 unspecified atom stereocenters. The summed E-state index contributed by atoms with van der Waals surface area (Å²) < 4.78 is 10.3. The van der Waals surface area contributed by atoms with E-state index in [1.54, 1.807) is 36.4 Å². The lowest BCUT2D eigenvalue weighted by Gasteiger charge is -2.20. The third-order valence-corrected chi connectivity index (χ3v) is 5.08. The lowest BCUT2D eigenvalue weighted by atomic mass is 10.1. The number of aliphatic hydroxyl groups excluding tert-OH is 1. The lowest BCUT2D eigenvalue weighted by Crippen LogP contribution is -2.33. The number of carbonyl (C=O) groups is 3. The Balaban J connectivity index is 1.69. The van der Waals surface area contributed by atoms with Gasteiger partial charge >= 0.3 is 5.97 Å². The number of hydrogen-bond donors (Lipinski definition) is 3. The van der Waals surface area contributed by atoms with E-state index in [0.717, 1.165) is 6.07 Å². The first-order valence-electron chi connectivity index (χ1n) is 10.8. The van der Waals surface area contributed by atoms with Crippen LogP contribution in [0.4, 0.5) is 17.1 Å². The van der Waals surface area contributed by atoms with E-state index in [4.69, 9.17) is 14.3 Å². The number of nitrogens with zero attached hydrogens (tertiary/aromatic N) is 2. The van der Waals surface area contributed by atoms with Crippen LogP contribution in [0.25, 0.3) is 0 Å². The molecule has 0 aliphatic carbocycles. The number of likely N-dealkylation sites (N-methyl/N-ethyl adjacent to an activating group) is 1. The third-order valence-electron chi connectivity index (χ3n) is 5.08. The van der Waals surface area contributed by atoms with Crippen LogP contribution in [0, 0.1) is 10.1 Å². The van der Waals surface area contributed by atoms with E-state index in [9.17, 15) is 24.5 Å². The molecule has 0 radical (unpaired) electrons. The minimum absolute atomic E-state index is 0.0958. The SMILES string of the molecule is CN(C(=O)COC(=O)c1cc([N+](=O)[O-])ccc1NCCO)c1ccccc1C(=O)NCc1ccco1. The zero-order chi connectivity index (χ0) is 26.1. The van der Waals surface area contributed by atoms with E-state index < -0.39 is 29.3 Å². The van der Waals surface area contributed by atoms with Gasteiger partial charge in [0.1, 0.15) is 5.76 Å². The fourth-order valence-electron chi connectivity index (χ4n) is 3.23.